The number of aromatic nitrogens is 1. The molecule has 1 aromatic heterocycles. The number of primary amides is 1. The van der Waals surface area contributed by atoms with Crippen molar-refractivity contribution in [3.05, 3.63) is 36.0 Å². The van der Waals surface area contributed by atoms with E-state index in [1.807, 2.05) is 32.0 Å². The maximum Gasteiger partial charge on any atom is 0.243 e. The minimum Gasteiger partial charge on any atom is -0.370 e. The number of nitrogens with one attached hydrogen (secondary N) is 12. The van der Waals surface area contributed by atoms with E-state index in [9.17, 15) is 57.5 Å². The van der Waals surface area contributed by atoms with Crippen LogP contribution >= 0.6 is 0 Å². The molecule has 36 N–H and O–H groups in total. The lowest BCUT2D eigenvalue weighted by atomic mass is 9.95. The smallest absolute Gasteiger partial charge is 0.243 e. The summed E-state index contributed by atoms with van der Waals surface area (Å²) in [6.45, 7) is 15.3. The Morgan fingerprint density at radius 3 is 1.07 bits per heavy atom. The molecule has 115 heavy (non-hydrogen) atoms. The number of rotatable bonds is 60. The Morgan fingerprint density at radius 2 is 0.678 bits per heavy atom. The Labute approximate surface area is 676 Å². The van der Waals surface area contributed by atoms with Crippen molar-refractivity contribution in [2.75, 3.05) is 45.8 Å². The second kappa shape index (κ2) is 55.5. The predicted molar refractivity (Wildman–Crippen MR) is 445 cm³/mol. The van der Waals surface area contributed by atoms with Crippen molar-refractivity contribution in [2.24, 2.45) is 107 Å². The van der Waals surface area contributed by atoms with Gasteiger partial charge in [-0.25, -0.2) is 0 Å². The number of carbonyl (C=O) groups excluding carboxylic acids is 12. The van der Waals surface area contributed by atoms with Crippen LogP contribution in [0.25, 0.3) is 10.9 Å². The summed E-state index contributed by atoms with van der Waals surface area (Å²) in [5.41, 5.74) is 70.1. The zero-order valence-electron chi connectivity index (χ0n) is 68.8. The standard InChI is InChI=1S/C76H139N27O12/c1-9-45(7)60(72(114)98-54(29-16-20-36-80)65(107)95-52(27-14-18-34-78)66(108)100-58(41-47-42-92-50-26-12-11-24-48(47)50)70(112)99-57(40-43(3)4)69(111)93-51(62(82)104)30-21-37-89-74(83)84)102-68(110)56(32-23-39-91-76(87)88)96-64(106)53(28-15-19-35-79)97-71(113)59(44(5)6)101-73(115)61(46(8)10-2)103-67(109)55(31-22-38-90-75(85)86)94-63(105)49(81)25-13-17-33-77/h11-12,24,26,42-46,49,51-61,92H,9-10,13-23,25,27-41,77-81H2,1-8H3,(H2,82,104)(H,93,111)(H,94,105)(H,95,107)(H,96,106)(H,97,113)(H,98,114)(H,99,112)(H,100,108)(H,101,115)(H,102,110)(H,103,109)(H4,83,84,89)(H4,85,86,90)(H4,87,88,91)/t45-,46-,49-,51-,52-,53-,54-,55-,56-,57-,58-,59-,60-,61-/m0/s1. The summed E-state index contributed by atoms with van der Waals surface area (Å²) in [6.07, 6.45) is 6.74. The molecule has 650 valence electrons. The van der Waals surface area contributed by atoms with Crippen LogP contribution in [-0.4, -0.2) is 212 Å². The first kappa shape index (κ1) is 101. The fraction of sp³-hybridized carbons (Fsp3) is 0.697. The van der Waals surface area contributed by atoms with Crippen LogP contribution in [0.4, 0.5) is 0 Å². The quantitative estimate of drug-likeness (QED) is 0.0172. The van der Waals surface area contributed by atoms with Crippen molar-refractivity contribution >= 4 is 99.7 Å². The summed E-state index contributed by atoms with van der Waals surface area (Å²) < 4.78 is 0. The number of H-pyrrole nitrogens is 1. The molecule has 12 amide bonds. The number of para-hydroxylation sites is 1. The molecule has 0 radical (unpaired) electrons. The largest absolute Gasteiger partial charge is 0.370 e. The van der Waals surface area contributed by atoms with Crippen LogP contribution in [0.2, 0.25) is 0 Å². The lowest BCUT2D eigenvalue weighted by Gasteiger charge is -2.31. The maximum atomic E-state index is 15.0. The third-order valence-corrected chi connectivity index (χ3v) is 19.7. The van der Waals surface area contributed by atoms with Crippen LogP contribution in [0.3, 0.4) is 0 Å². The van der Waals surface area contributed by atoms with E-state index in [1.165, 1.54) is 0 Å². The Hall–Kier alpha value is -9.99. The lowest BCUT2D eigenvalue weighted by molar-refractivity contribution is -0.137. The zero-order chi connectivity index (χ0) is 86.3. The summed E-state index contributed by atoms with van der Waals surface area (Å²) >= 11 is 0. The monoisotopic (exact) mass is 1620 g/mol. The minimum atomic E-state index is -1.42. The number of nitrogens with zero attached hydrogens (tertiary/aromatic N) is 3. The summed E-state index contributed by atoms with van der Waals surface area (Å²) in [5.74, 6) is -11.7. The van der Waals surface area contributed by atoms with Gasteiger partial charge in [0.25, 0.3) is 0 Å². The van der Waals surface area contributed by atoms with Gasteiger partial charge in [0.2, 0.25) is 70.9 Å². The third kappa shape index (κ3) is 38.8. The first-order valence-corrected chi connectivity index (χ1v) is 40.5. The van der Waals surface area contributed by atoms with E-state index < -0.39 is 161 Å². The van der Waals surface area contributed by atoms with Crippen molar-refractivity contribution in [1.29, 1.82) is 0 Å². The van der Waals surface area contributed by atoms with E-state index in [0.717, 1.165) is 10.9 Å². The number of nitrogens with two attached hydrogens (primary N) is 12. The van der Waals surface area contributed by atoms with Gasteiger partial charge in [-0.3, -0.25) is 72.5 Å². The molecule has 39 nitrogen and oxygen atoms in total. The number of guanidine groups is 3. The number of aromatic amines is 1. The predicted octanol–water partition coefficient (Wildman–Crippen LogP) is -3.67. The third-order valence-electron chi connectivity index (χ3n) is 19.7. The number of unbranched alkanes of at least 4 members (excludes halogenated alkanes) is 4. The Bertz CT molecular complexity index is 3450. The van der Waals surface area contributed by atoms with Gasteiger partial charge in [0.1, 0.15) is 66.5 Å². The molecule has 0 aliphatic rings. The number of hydrogen-bond donors (Lipinski definition) is 24. The summed E-state index contributed by atoms with van der Waals surface area (Å²) in [5, 5.41) is 31.4. The average molecular weight is 1620 g/mol. The molecule has 2 aromatic rings. The maximum absolute atomic E-state index is 15.0. The van der Waals surface area contributed by atoms with Gasteiger partial charge in [-0.05, 0) is 177 Å². The van der Waals surface area contributed by atoms with Gasteiger partial charge in [0.05, 0.1) is 6.04 Å². The van der Waals surface area contributed by atoms with Crippen molar-refractivity contribution in [2.45, 2.75) is 269 Å². The number of carbonyl (C=O) groups is 12. The van der Waals surface area contributed by atoms with Crippen molar-refractivity contribution in [3.8, 4) is 0 Å². The van der Waals surface area contributed by atoms with Crippen LogP contribution in [0.5, 0.6) is 0 Å². The molecule has 0 saturated carbocycles. The normalized spacial score (nSPS) is 14.9. The van der Waals surface area contributed by atoms with Crippen LogP contribution in [0.15, 0.2) is 45.4 Å². The van der Waals surface area contributed by atoms with E-state index in [4.69, 9.17) is 68.8 Å². The van der Waals surface area contributed by atoms with Crippen LogP contribution in [0.1, 0.15) is 196 Å². The first-order chi connectivity index (χ1) is 54.6. The van der Waals surface area contributed by atoms with Crippen LogP contribution in [0, 0.1) is 23.7 Å². The number of amides is 12. The van der Waals surface area contributed by atoms with Crippen molar-refractivity contribution < 1.29 is 57.5 Å². The summed E-state index contributed by atoms with van der Waals surface area (Å²) in [7, 11) is 0. The lowest BCUT2D eigenvalue weighted by Crippen LogP contribution is -2.62. The van der Waals surface area contributed by atoms with Crippen LogP contribution in [-0.2, 0) is 64.0 Å². The highest BCUT2D eigenvalue weighted by Gasteiger charge is 2.39. The van der Waals surface area contributed by atoms with Gasteiger partial charge >= 0.3 is 0 Å². The Kier molecular flexibility index (Phi) is 48.8. The second-order valence-electron chi connectivity index (χ2n) is 30.1. The number of fused-ring (bicyclic) bond motifs is 1. The van der Waals surface area contributed by atoms with Crippen LogP contribution < -0.4 is 127 Å². The molecular weight excluding hydrogens is 1480 g/mol. The van der Waals surface area contributed by atoms with Gasteiger partial charge in [-0.1, -0.05) is 92.9 Å². The molecule has 0 aliphatic carbocycles. The fourth-order valence-corrected chi connectivity index (χ4v) is 12.5. The number of hydrogen-bond acceptors (Lipinski definition) is 20. The molecule has 0 fully saturated rings. The average Bonchev–Trinajstić information content (AvgIpc) is 1.81. The fourth-order valence-electron chi connectivity index (χ4n) is 12.5. The molecule has 0 bridgehead atoms. The highest BCUT2D eigenvalue weighted by Crippen LogP contribution is 2.22. The molecule has 1 heterocycles. The molecule has 0 unspecified atom stereocenters. The highest BCUT2D eigenvalue weighted by molar-refractivity contribution is 6.00. The van der Waals surface area contributed by atoms with E-state index in [0.29, 0.717) is 82.7 Å². The number of benzene rings is 1. The van der Waals surface area contributed by atoms with E-state index >= 15 is 0 Å². The highest BCUT2D eigenvalue weighted by atomic mass is 16.2. The molecule has 0 saturated heterocycles. The van der Waals surface area contributed by atoms with Gasteiger partial charge in [-0.2, -0.15) is 0 Å². The molecule has 2 rings (SSSR count). The molecule has 1 aromatic carbocycles. The second-order valence-corrected chi connectivity index (χ2v) is 30.1. The first-order valence-electron chi connectivity index (χ1n) is 40.5. The minimum absolute atomic E-state index is 0.000357. The van der Waals surface area contributed by atoms with Gasteiger partial charge < -0.3 is 132 Å². The molecule has 14 atom stereocenters. The Morgan fingerprint density at radius 1 is 0.365 bits per heavy atom. The van der Waals surface area contributed by atoms with Crippen molar-refractivity contribution in [1.82, 2.24) is 63.5 Å². The molecular formula is C76H139N27O12. The van der Waals surface area contributed by atoms with E-state index in [1.54, 1.807) is 53.8 Å². The molecule has 39 heteroatoms. The zero-order valence-corrected chi connectivity index (χ0v) is 68.8. The van der Waals surface area contributed by atoms with Gasteiger partial charge in [0.15, 0.2) is 17.9 Å². The topological polar surface area (TPSA) is 702 Å². The molecule has 0 aliphatic heterocycles. The summed E-state index contributed by atoms with van der Waals surface area (Å²) in [6, 6.07) is -8.05. The van der Waals surface area contributed by atoms with Crippen molar-refractivity contribution in [3.63, 3.8) is 0 Å². The Balaban J connectivity index is 2.65. The number of aliphatic imine (C=N–C) groups is 3. The molecule has 0 spiro atoms. The summed E-state index contributed by atoms with van der Waals surface area (Å²) in [4.78, 5) is 188. The van der Waals surface area contributed by atoms with E-state index in [2.05, 4.69) is 78.4 Å². The van der Waals surface area contributed by atoms with E-state index in [-0.39, 0.29) is 134 Å². The van der Waals surface area contributed by atoms with Gasteiger partial charge in [0, 0.05) is 43.2 Å². The van der Waals surface area contributed by atoms with Gasteiger partial charge in [-0.15, -0.1) is 0 Å². The SMILES string of the molecule is CC[C@H](C)[C@H](NC(=O)[C@H](CCCN=C(N)N)NC(=O)[C@H](CCCCN)NC(=O)[C@@H](NC(=O)[C@@H](NC(=O)[C@H](CCCN=C(N)N)NC(=O)[C@@H](N)CCCCN)[C@@H](C)CC)C(C)C)C(=O)N[C@@H](CCCCN)C(=O)N[C@@H](CCCCN)C(=O)N[C@@H](Cc1c[nH]c2ccccc12)C(=O)N[C@@H](CC(C)C)C(=O)N[C@@H](CCCN=C(N)N)C(N)=O.